The number of hydrogen-bond donors (Lipinski definition) is 0. The van der Waals surface area contributed by atoms with Crippen molar-refractivity contribution in [3.8, 4) is 0 Å². The second-order valence-electron chi connectivity index (χ2n) is 18.3. The molecule has 4 bridgehead atoms. The van der Waals surface area contributed by atoms with E-state index in [0.717, 1.165) is 6.92 Å². The standard InChI is InChI=1S/C44H56O18/c1-13-22(3)34(51)58-35-38(8)21-41-39(9,27(38)17-31(49)52-11)44-29(55-23(4)45)19-37(7,33(56-24(5)46)26-15-16-54-20-26)28(18-32(50)53-12)42(44,61-40(10,60-41)62-44)36(57-30(48)14-2)43(35,41)59-25(6)47/h13,15-16,20,27-29,33,35-36H,14,17-19,21H2,1-12H3. The lowest BCUT2D eigenvalue weighted by molar-refractivity contribution is -0.486. The highest BCUT2D eigenvalue weighted by Crippen LogP contribution is 2.90. The number of carbonyl (C=O) groups excluding carboxylic acids is 7. The van der Waals surface area contributed by atoms with Crippen molar-refractivity contribution in [2.24, 2.45) is 28.1 Å². The predicted octanol–water partition coefficient (Wildman–Crippen LogP) is 4.50. The third-order valence-electron chi connectivity index (χ3n) is 15.2. The first kappa shape index (κ1) is 45.2. The van der Waals surface area contributed by atoms with Crippen LogP contribution in [0.3, 0.4) is 0 Å². The molecule has 6 aliphatic rings. The van der Waals surface area contributed by atoms with Gasteiger partial charge in [0.2, 0.25) is 5.60 Å². The molecule has 18 nitrogen and oxygen atoms in total. The van der Waals surface area contributed by atoms with Gasteiger partial charge in [0, 0.05) is 73.8 Å². The lowest BCUT2D eigenvalue weighted by atomic mass is 9.33. The van der Waals surface area contributed by atoms with Crippen molar-refractivity contribution in [1.82, 2.24) is 0 Å². The van der Waals surface area contributed by atoms with E-state index in [0.29, 0.717) is 5.56 Å². The van der Waals surface area contributed by atoms with E-state index >= 15 is 0 Å². The fourth-order valence-corrected chi connectivity index (χ4v) is 13.5. The smallest absolute Gasteiger partial charge is 0.333 e. The van der Waals surface area contributed by atoms with Crippen LogP contribution < -0.4 is 0 Å². The zero-order valence-corrected chi connectivity index (χ0v) is 37.2. The van der Waals surface area contributed by atoms with E-state index in [4.69, 9.17) is 51.8 Å². The second-order valence-corrected chi connectivity index (χ2v) is 18.3. The van der Waals surface area contributed by atoms with Crippen molar-refractivity contribution in [2.75, 3.05) is 14.2 Å². The van der Waals surface area contributed by atoms with Gasteiger partial charge in [0.1, 0.15) is 17.8 Å². The van der Waals surface area contributed by atoms with Crippen molar-refractivity contribution in [2.45, 2.75) is 154 Å². The highest BCUT2D eigenvalue weighted by atomic mass is 16.9. The Hall–Kier alpha value is -4.81. The first-order valence-electron chi connectivity index (χ1n) is 20.8. The molecule has 1 aromatic heterocycles. The van der Waals surface area contributed by atoms with Gasteiger partial charge >= 0.3 is 41.8 Å². The van der Waals surface area contributed by atoms with Crippen LogP contribution >= 0.6 is 0 Å². The van der Waals surface area contributed by atoms with Gasteiger partial charge in [-0.1, -0.05) is 33.8 Å². The van der Waals surface area contributed by atoms with Crippen LogP contribution in [0.2, 0.25) is 0 Å². The van der Waals surface area contributed by atoms with Gasteiger partial charge in [0.05, 0.1) is 33.2 Å². The quantitative estimate of drug-likeness (QED) is 0.151. The van der Waals surface area contributed by atoms with Crippen molar-refractivity contribution in [3.05, 3.63) is 35.8 Å². The summed E-state index contributed by atoms with van der Waals surface area (Å²) in [7, 11) is 2.39. The summed E-state index contributed by atoms with van der Waals surface area (Å²) < 4.78 is 70.5. The molecular formula is C44H56O18. The molecule has 18 heteroatoms. The van der Waals surface area contributed by atoms with Gasteiger partial charge in [-0.15, -0.1) is 0 Å². The van der Waals surface area contributed by atoms with Crippen LogP contribution in [0.15, 0.2) is 34.7 Å². The number of ether oxygens (including phenoxy) is 10. The minimum atomic E-state index is -2.37. The monoisotopic (exact) mass is 872 g/mol. The van der Waals surface area contributed by atoms with E-state index in [-0.39, 0.29) is 31.3 Å². The van der Waals surface area contributed by atoms with Crippen LogP contribution in [-0.4, -0.2) is 103 Å². The lowest BCUT2D eigenvalue weighted by Crippen LogP contribution is -2.96. The molecule has 3 heterocycles. The highest BCUT2D eigenvalue weighted by molar-refractivity contribution is 5.88. The summed E-state index contributed by atoms with van der Waals surface area (Å²) in [5.74, 6) is -10.1. The van der Waals surface area contributed by atoms with Gasteiger partial charge in [-0.3, -0.25) is 28.8 Å². The maximum absolute atomic E-state index is 14.3. The maximum Gasteiger partial charge on any atom is 0.333 e. The molecular weight excluding hydrogens is 816 g/mol. The number of esters is 7. The number of hydrogen-bond acceptors (Lipinski definition) is 18. The molecule has 0 radical (unpaired) electrons. The summed E-state index contributed by atoms with van der Waals surface area (Å²) in [6.45, 7) is 14.9. The maximum atomic E-state index is 14.3. The van der Waals surface area contributed by atoms with Gasteiger partial charge in [0.15, 0.2) is 23.4 Å². The van der Waals surface area contributed by atoms with E-state index in [2.05, 4.69) is 0 Å². The minimum absolute atomic E-state index is 0.116. The minimum Gasteiger partial charge on any atom is -0.472 e. The molecule has 4 saturated carbocycles. The molecule has 6 fully saturated rings. The first-order chi connectivity index (χ1) is 28.9. The molecule has 0 aromatic carbocycles. The molecule has 62 heavy (non-hydrogen) atoms. The number of rotatable bonds is 13. The number of furan rings is 1. The fourth-order valence-electron chi connectivity index (χ4n) is 13.5. The number of fused-ring (bicyclic) bond motifs is 2. The predicted molar refractivity (Wildman–Crippen MR) is 206 cm³/mol. The van der Waals surface area contributed by atoms with Crippen molar-refractivity contribution in [3.63, 3.8) is 0 Å². The molecule has 14 atom stereocenters. The Labute approximate surface area is 358 Å². The number of allylic oxidation sites excluding steroid dienone is 1. The summed E-state index contributed by atoms with van der Waals surface area (Å²) in [6.07, 6.45) is -3.53. The summed E-state index contributed by atoms with van der Waals surface area (Å²) in [6, 6.07) is 1.56. The van der Waals surface area contributed by atoms with Gasteiger partial charge in [-0.2, -0.15) is 0 Å². The topological polar surface area (TPSA) is 225 Å². The molecule has 2 spiro atoms. The van der Waals surface area contributed by atoms with Crippen LogP contribution in [0.4, 0.5) is 0 Å². The summed E-state index contributed by atoms with van der Waals surface area (Å²) in [5.41, 5.74) is -13.0. The second kappa shape index (κ2) is 14.6. The van der Waals surface area contributed by atoms with Crippen LogP contribution in [0.5, 0.6) is 0 Å². The zero-order valence-electron chi connectivity index (χ0n) is 37.2. The molecule has 1 aromatic rings. The van der Waals surface area contributed by atoms with E-state index < -0.39 is 129 Å². The normalized spacial score (nSPS) is 42.3. The Morgan fingerprint density at radius 3 is 1.98 bits per heavy atom. The molecule has 14 unspecified atom stereocenters. The highest BCUT2D eigenvalue weighted by Gasteiger charge is 3.06. The van der Waals surface area contributed by atoms with Gasteiger partial charge < -0.3 is 51.8 Å². The molecule has 4 aliphatic carbocycles. The fraction of sp³-hybridized carbons (Fsp3) is 0.705. The molecule has 2 aliphatic heterocycles. The van der Waals surface area contributed by atoms with Crippen molar-refractivity contribution >= 4 is 41.8 Å². The zero-order chi connectivity index (χ0) is 45.8. The Kier molecular flexibility index (Phi) is 10.7. The van der Waals surface area contributed by atoms with Gasteiger partial charge in [-0.25, -0.2) is 4.79 Å². The number of methoxy groups -OCH3 is 2. The summed E-state index contributed by atoms with van der Waals surface area (Å²) >= 11 is 0. The van der Waals surface area contributed by atoms with Crippen LogP contribution in [0, 0.1) is 28.1 Å². The van der Waals surface area contributed by atoms with Crippen LogP contribution in [0.1, 0.15) is 113 Å². The largest absolute Gasteiger partial charge is 0.472 e. The lowest BCUT2D eigenvalue weighted by Gasteiger charge is -2.77. The molecule has 7 rings (SSSR count). The van der Waals surface area contributed by atoms with E-state index in [1.807, 2.05) is 0 Å². The Bertz CT molecular complexity index is 2110. The van der Waals surface area contributed by atoms with Crippen molar-refractivity contribution < 1.29 is 85.3 Å². The van der Waals surface area contributed by atoms with Gasteiger partial charge in [-0.05, 0) is 38.7 Å². The summed E-state index contributed by atoms with van der Waals surface area (Å²) in [4.78, 5) is 97.3. The Morgan fingerprint density at radius 2 is 1.45 bits per heavy atom. The Morgan fingerprint density at radius 1 is 0.806 bits per heavy atom. The third kappa shape index (κ3) is 5.47. The molecule has 0 N–H and O–H groups in total. The van der Waals surface area contributed by atoms with Crippen LogP contribution in [-0.2, 0) is 80.9 Å². The first-order valence-corrected chi connectivity index (χ1v) is 20.8. The average Bonchev–Trinajstić information content (AvgIpc) is 3.90. The van der Waals surface area contributed by atoms with Crippen molar-refractivity contribution in [1.29, 1.82) is 0 Å². The molecule has 2 saturated heterocycles. The molecule has 340 valence electrons. The SMILES string of the molecule is CC=C(C)C(=O)OC1C2(C)CC34OC5(C)OC6(C(CC(=O)OC)C(C)(C(OC(C)=O)c7ccoc7)CC(OC(C)=O)C6(O5)C3(C)C2CC(=O)OC)C(OC(=O)CC)C14OC(C)=O. The Balaban J connectivity index is 1.72. The average molecular weight is 873 g/mol. The van der Waals surface area contributed by atoms with E-state index in [1.54, 1.807) is 33.8 Å². The van der Waals surface area contributed by atoms with E-state index in [1.165, 1.54) is 67.4 Å². The van der Waals surface area contributed by atoms with Gasteiger partial charge in [0.25, 0.3) is 5.97 Å². The van der Waals surface area contributed by atoms with Crippen LogP contribution in [0.25, 0.3) is 0 Å². The summed E-state index contributed by atoms with van der Waals surface area (Å²) in [5, 5.41) is 0. The third-order valence-corrected chi connectivity index (χ3v) is 15.2. The van der Waals surface area contributed by atoms with E-state index in [9.17, 15) is 33.6 Å². The molecule has 0 amide bonds. The number of carbonyl (C=O) groups is 7.